The highest BCUT2D eigenvalue weighted by Crippen LogP contribution is 2.59. The number of β-lactam (4-membered cyclic amide) rings is 1. The lowest BCUT2D eigenvalue weighted by molar-refractivity contribution is -0.384. The molecule has 344 valence electrons. The van der Waals surface area contributed by atoms with Crippen LogP contribution in [0, 0.1) is 16.0 Å². The van der Waals surface area contributed by atoms with E-state index >= 15 is 9.59 Å². The van der Waals surface area contributed by atoms with Crippen molar-refractivity contribution in [1.29, 1.82) is 0 Å². The number of aromatic nitrogens is 3. The minimum atomic E-state index is -3.49. The van der Waals surface area contributed by atoms with Crippen molar-refractivity contribution in [2.45, 2.75) is 29.8 Å². The van der Waals surface area contributed by atoms with Gasteiger partial charge in [-0.2, -0.15) is 0 Å². The molecular weight excluding hydrogens is 906 g/mol. The SMILES string of the molecule is CC(=O)OC(c1cn(C)nn1)[C@H]1C(=O)N(C(C(=O)OCc2ccc([N+](=O)[O-])cc2)=P(c2ccccc2)(c2ccccc2)c2ccccc2)[C@@H]1SC(c1ccccc1)(c1ccccc1)c1ccccc1. The van der Waals surface area contributed by atoms with Gasteiger partial charge >= 0.3 is 11.9 Å². The third-order valence-electron chi connectivity index (χ3n) is 12.1. The first-order chi connectivity index (χ1) is 33.6. The molecule has 1 saturated heterocycles. The zero-order chi connectivity index (χ0) is 48.0. The van der Waals surface area contributed by atoms with Crippen LogP contribution in [0.2, 0.25) is 0 Å². The Labute approximate surface area is 403 Å². The molecule has 9 rings (SSSR count). The summed E-state index contributed by atoms with van der Waals surface area (Å²) >= 11 is 1.47. The Hall–Kier alpha value is -7.86. The summed E-state index contributed by atoms with van der Waals surface area (Å²) in [5.41, 5.74) is 3.43. The van der Waals surface area contributed by atoms with E-state index in [1.54, 1.807) is 30.3 Å². The van der Waals surface area contributed by atoms with Crippen molar-refractivity contribution < 1.29 is 28.8 Å². The minimum Gasteiger partial charge on any atom is -0.456 e. The zero-order valence-corrected chi connectivity index (χ0v) is 39.3. The quantitative estimate of drug-likeness (QED) is 0.0230. The normalized spacial score (nSPS) is 15.1. The number of esters is 2. The van der Waals surface area contributed by atoms with Gasteiger partial charge in [0.15, 0.2) is 6.10 Å². The maximum absolute atomic E-state index is 16.1. The Kier molecular flexibility index (Phi) is 13.5. The fourth-order valence-electron chi connectivity index (χ4n) is 9.11. The Morgan fingerprint density at radius 2 is 1.13 bits per heavy atom. The molecule has 0 saturated carbocycles. The van der Waals surface area contributed by atoms with Crippen LogP contribution in [-0.4, -0.2) is 53.5 Å². The number of ether oxygens (including phenoxy) is 2. The molecule has 0 spiro atoms. The summed E-state index contributed by atoms with van der Waals surface area (Å²) in [7, 11) is 1.69. The third-order valence-corrected chi connectivity index (χ3v) is 18.2. The lowest BCUT2D eigenvalue weighted by Crippen LogP contribution is -2.67. The fourth-order valence-corrected chi connectivity index (χ4v) is 15.5. The number of non-ortho nitro benzene ring substituents is 1. The Balaban J connectivity index is 1.38. The van der Waals surface area contributed by atoms with E-state index in [4.69, 9.17) is 9.47 Å². The van der Waals surface area contributed by atoms with Crippen molar-refractivity contribution >= 4 is 63.5 Å². The maximum Gasteiger partial charge on any atom is 0.356 e. The first-order valence-electron chi connectivity index (χ1n) is 22.2. The van der Waals surface area contributed by atoms with Crippen LogP contribution < -0.4 is 15.9 Å². The fraction of sp³-hybridized carbons (Fsp3) is 0.127. The Bertz CT molecular complexity index is 2950. The minimum absolute atomic E-state index is 0.0931. The molecule has 12 nitrogen and oxygen atoms in total. The standard InChI is InChI=1S/C55H46N5O7PS/c1-39(61)67-50(48-37-58(2)57-56-48)49-51(62)59(53(49)69-55(41-21-9-3-10-22-41,42-23-11-4-12-24-42)43-25-13-5-14-26-43)52(54(63)66-38-40-33-35-44(36-34-40)60(64)65)68(45-27-15-6-16-28-45,46-29-17-7-18-30-46)47-31-19-8-20-32-47/h3-37,49-50,53H,38H2,1-2H3/t49-,50?,53+/m0/s1. The van der Waals surface area contributed by atoms with Crippen molar-refractivity contribution in [2.75, 3.05) is 0 Å². The summed E-state index contributed by atoms with van der Waals surface area (Å²) in [6.45, 7) is -2.46. The van der Waals surface area contributed by atoms with Crippen LogP contribution in [-0.2, 0) is 42.3 Å². The molecule has 0 radical (unpaired) electrons. The van der Waals surface area contributed by atoms with Crippen molar-refractivity contribution in [3.63, 3.8) is 0 Å². The second kappa shape index (κ2) is 20.2. The number of benzene rings is 7. The number of likely N-dealkylation sites (tertiary alicyclic amines) is 1. The van der Waals surface area contributed by atoms with Crippen LogP contribution in [0.25, 0.3) is 0 Å². The number of thioether (sulfide) groups is 1. The molecule has 1 aliphatic heterocycles. The molecule has 0 aliphatic carbocycles. The number of carbonyl (C=O) groups excluding carboxylic acids is 3. The number of amides is 1. The van der Waals surface area contributed by atoms with Gasteiger partial charge in [-0.1, -0.05) is 187 Å². The van der Waals surface area contributed by atoms with Crippen LogP contribution in [0.5, 0.6) is 0 Å². The molecule has 1 amide bonds. The van der Waals surface area contributed by atoms with Gasteiger partial charge in [-0.25, -0.2) is 4.79 Å². The number of hydrogen-bond acceptors (Lipinski definition) is 10. The van der Waals surface area contributed by atoms with Crippen LogP contribution in [0.1, 0.15) is 41.0 Å². The van der Waals surface area contributed by atoms with E-state index in [1.165, 1.54) is 35.5 Å². The second-order valence-corrected chi connectivity index (χ2v) is 21.0. The highest BCUT2D eigenvalue weighted by Gasteiger charge is 2.61. The van der Waals surface area contributed by atoms with E-state index in [9.17, 15) is 14.9 Å². The largest absolute Gasteiger partial charge is 0.456 e. The first kappa shape index (κ1) is 46.3. The van der Waals surface area contributed by atoms with E-state index in [0.717, 1.165) is 32.6 Å². The number of nitro groups is 1. The molecule has 14 heteroatoms. The monoisotopic (exact) mass is 951 g/mol. The van der Waals surface area contributed by atoms with Gasteiger partial charge in [-0.15, -0.1) is 16.9 Å². The van der Waals surface area contributed by atoms with Gasteiger partial charge in [0.1, 0.15) is 29.0 Å². The summed E-state index contributed by atoms with van der Waals surface area (Å²) < 4.78 is 13.0. The smallest absolute Gasteiger partial charge is 0.356 e. The molecule has 69 heavy (non-hydrogen) atoms. The van der Waals surface area contributed by atoms with Crippen molar-refractivity contribution in [1.82, 2.24) is 19.9 Å². The van der Waals surface area contributed by atoms with E-state index in [2.05, 4.69) is 46.7 Å². The predicted molar refractivity (Wildman–Crippen MR) is 269 cm³/mol. The van der Waals surface area contributed by atoms with Crippen LogP contribution in [0.4, 0.5) is 5.69 Å². The van der Waals surface area contributed by atoms with Crippen molar-refractivity contribution in [2.24, 2.45) is 13.0 Å². The summed E-state index contributed by atoms with van der Waals surface area (Å²) in [6.07, 6.45) is 0.398. The number of nitrogens with zero attached hydrogens (tertiary/aromatic N) is 5. The average molecular weight is 952 g/mol. The number of hydrogen-bond donors (Lipinski definition) is 0. The lowest BCUT2D eigenvalue weighted by atomic mass is 9.84. The highest BCUT2D eigenvalue weighted by molar-refractivity contribution is 8.01. The van der Waals surface area contributed by atoms with Gasteiger partial charge in [0.05, 0.1) is 15.9 Å². The lowest BCUT2D eigenvalue weighted by Gasteiger charge is -2.53. The third kappa shape index (κ3) is 8.90. The molecule has 1 aromatic heterocycles. The highest BCUT2D eigenvalue weighted by atomic mass is 32.2. The number of aryl methyl sites for hydroxylation is 1. The predicted octanol–water partition coefficient (Wildman–Crippen LogP) is 8.70. The van der Waals surface area contributed by atoms with Gasteiger partial charge in [-0.3, -0.25) is 29.3 Å². The number of carbonyl (C=O) groups is 3. The van der Waals surface area contributed by atoms with Gasteiger partial charge in [0.2, 0.25) is 5.91 Å². The average Bonchev–Trinajstić information content (AvgIpc) is 3.84. The molecule has 0 bridgehead atoms. The summed E-state index contributed by atoms with van der Waals surface area (Å²) in [5.74, 6) is -3.02. The van der Waals surface area contributed by atoms with Crippen molar-refractivity contribution in [3.8, 4) is 0 Å². The summed E-state index contributed by atoms with van der Waals surface area (Å²) in [6, 6.07) is 64.9. The molecule has 7 aromatic carbocycles. The first-order valence-corrected chi connectivity index (χ1v) is 24.8. The zero-order valence-electron chi connectivity index (χ0n) is 37.6. The molecule has 0 N–H and O–H groups in total. The van der Waals surface area contributed by atoms with E-state index in [0.29, 0.717) is 5.56 Å². The van der Waals surface area contributed by atoms with Crippen molar-refractivity contribution in [3.05, 3.63) is 251 Å². The van der Waals surface area contributed by atoms with Gasteiger partial charge in [0, 0.05) is 33.0 Å². The molecule has 8 aromatic rings. The second-order valence-electron chi connectivity index (χ2n) is 16.4. The van der Waals surface area contributed by atoms with Crippen LogP contribution in [0.15, 0.2) is 212 Å². The topological polar surface area (TPSA) is 147 Å². The van der Waals surface area contributed by atoms with Gasteiger partial charge in [-0.05, 0) is 50.3 Å². The van der Waals surface area contributed by atoms with Gasteiger partial charge < -0.3 is 9.47 Å². The Morgan fingerprint density at radius 1 is 0.696 bits per heavy atom. The van der Waals surface area contributed by atoms with E-state index < -0.39 is 51.8 Å². The Morgan fingerprint density at radius 3 is 1.52 bits per heavy atom. The molecule has 1 unspecified atom stereocenters. The molecule has 2 heterocycles. The van der Waals surface area contributed by atoms with Gasteiger partial charge in [0.25, 0.3) is 5.69 Å². The van der Waals surface area contributed by atoms with Crippen LogP contribution >= 0.6 is 18.6 Å². The number of rotatable bonds is 16. The molecule has 3 atom stereocenters. The van der Waals surface area contributed by atoms with E-state index in [-0.39, 0.29) is 23.4 Å². The van der Waals surface area contributed by atoms with E-state index in [1.807, 2.05) is 146 Å². The number of nitro benzene ring substituents is 1. The van der Waals surface area contributed by atoms with Crippen LogP contribution in [0.3, 0.4) is 0 Å². The summed E-state index contributed by atoms with van der Waals surface area (Å²) in [5, 5.41) is 21.6. The maximum atomic E-state index is 16.1. The molecule has 1 aliphatic rings. The summed E-state index contributed by atoms with van der Waals surface area (Å²) in [4.78, 5) is 58.1. The molecular formula is C55H46N5O7PS. The molecule has 1 fully saturated rings.